The number of nitrogens with one attached hydrogen (secondary N) is 1. The third kappa shape index (κ3) is 12.6. The Labute approximate surface area is 323 Å². The van der Waals surface area contributed by atoms with Gasteiger partial charge in [0.1, 0.15) is 0 Å². The van der Waals surface area contributed by atoms with E-state index in [0.717, 1.165) is 5.56 Å². The number of carbonyl (C=O) groups excluding carboxylic acids is 2. The van der Waals surface area contributed by atoms with Gasteiger partial charge in [0.2, 0.25) is 5.17 Å². The Bertz CT molecular complexity index is 1840. The van der Waals surface area contributed by atoms with E-state index in [1.807, 2.05) is 68.5 Å². The summed E-state index contributed by atoms with van der Waals surface area (Å²) in [5.41, 5.74) is 6.39. The van der Waals surface area contributed by atoms with Crippen LogP contribution in [0.2, 0.25) is 20.1 Å². The fourth-order valence-corrected chi connectivity index (χ4v) is 5.77. The maximum absolute atomic E-state index is 12.5. The molecule has 0 fully saturated rings. The zero-order valence-corrected chi connectivity index (χ0v) is 32.1. The zero-order chi connectivity index (χ0) is 37.3. The van der Waals surface area contributed by atoms with Crippen LogP contribution in [0.25, 0.3) is 6.08 Å². The number of hydrogen-bond donors (Lipinski definition) is 1. The Morgan fingerprint density at radius 1 is 0.843 bits per heavy atom. The Morgan fingerprint density at radius 2 is 1.43 bits per heavy atom. The van der Waals surface area contributed by atoms with E-state index in [9.17, 15) is 9.59 Å². The van der Waals surface area contributed by atoms with E-state index in [1.54, 1.807) is 55.3 Å². The normalized spacial score (nSPS) is 15.2. The number of hydrogen-bond acceptors (Lipinski definition) is 8. The lowest BCUT2D eigenvalue weighted by Gasteiger charge is -2.25. The van der Waals surface area contributed by atoms with Gasteiger partial charge in [0.15, 0.2) is 5.71 Å². The van der Waals surface area contributed by atoms with E-state index in [2.05, 4.69) is 38.6 Å². The van der Waals surface area contributed by atoms with Crippen molar-refractivity contribution in [1.29, 1.82) is 0 Å². The average Bonchev–Trinajstić information content (AvgIpc) is 3.46. The molecule has 0 amide bonds. The molecular formula is C38H37Cl5N4O4. The molecule has 5 rings (SSSR count). The molecule has 13 heteroatoms. The number of anilines is 2. The third-order valence-corrected chi connectivity index (χ3v) is 8.31. The molecule has 1 N–H and O–H groups in total. The van der Waals surface area contributed by atoms with Crippen molar-refractivity contribution in [3.8, 4) is 0 Å². The molecule has 0 saturated heterocycles. The van der Waals surface area contributed by atoms with Gasteiger partial charge in [-0.15, -0.1) is 0 Å². The van der Waals surface area contributed by atoms with Crippen LogP contribution in [0.3, 0.4) is 0 Å². The van der Waals surface area contributed by atoms with Crippen LogP contribution in [0.1, 0.15) is 44.7 Å². The van der Waals surface area contributed by atoms with E-state index in [-0.39, 0.29) is 23.7 Å². The second-order valence-corrected chi connectivity index (χ2v) is 12.6. The number of esters is 2. The number of allylic oxidation sites excluding steroid dienone is 1. The molecule has 0 radical (unpaired) electrons. The Hall–Kier alpha value is -4.05. The molecule has 1 aliphatic rings. The highest BCUT2D eigenvalue weighted by atomic mass is 35.5. The van der Waals surface area contributed by atoms with Crippen molar-refractivity contribution < 1.29 is 19.1 Å². The first-order chi connectivity index (χ1) is 24.5. The van der Waals surface area contributed by atoms with Crippen LogP contribution >= 0.6 is 58.0 Å². The molecule has 0 aromatic heterocycles. The standard InChI is InChI=1S/C19H18Cl2N2O2.C10H9Cl3N2O2.C9H10/c1-3-25-19(24)18-17(13-7-5-4-6-8-13)12(2)23(22-18)16-10-9-14(20)11-15(16)21;1-2-17-10(16)9(13)15-14-8-4-3-6(11)5-7(8)12;1-2-6-9-7-4-3-5-8-9/h4-12,17H,3H2,1-2H3;3-5,14H,2H2,1H3;2-8H,1H3/b;15-9-;6-2+/t12-,17+;;/m1../s1. The van der Waals surface area contributed by atoms with Crippen LogP contribution in [-0.2, 0) is 19.1 Å². The highest BCUT2D eigenvalue weighted by Gasteiger charge is 2.40. The van der Waals surface area contributed by atoms with Crippen molar-refractivity contribution in [2.75, 3.05) is 23.6 Å². The Kier molecular flexibility index (Phi) is 17.3. The second kappa shape index (κ2) is 21.3. The van der Waals surface area contributed by atoms with Gasteiger partial charge in [-0.05, 0) is 75.2 Å². The molecule has 8 nitrogen and oxygen atoms in total. The Balaban J connectivity index is 0.000000232. The SMILES string of the molecule is C/C=C/c1ccccc1.CCOC(=O)/C(Cl)=N/Nc1ccc(Cl)cc1Cl.CCOC(=O)C1=NN(c2ccc(Cl)cc2Cl)[C@H](C)[C@H]1c1ccccc1. The molecule has 268 valence electrons. The number of nitrogens with zero attached hydrogens (tertiary/aromatic N) is 3. The highest BCUT2D eigenvalue weighted by Crippen LogP contribution is 2.39. The van der Waals surface area contributed by atoms with Crippen molar-refractivity contribution in [2.24, 2.45) is 10.2 Å². The number of rotatable bonds is 9. The van der Waals surface area contributed by atoms with Crippen molar-refractivity contribution >= 4 is 98.3 Å². The summed E-state index contributed by atoms with van der Waals surface area (Å²) in [5.74, 6) is -1.31. The molecule has 0 aliphatic carbocycles. The van der Waals surface area contributed by atoms with E-state index in [0.29, 0.717) is 43.8 Å². The highest BCUT2D eigenvalue weighted by molar-refractivity contribution is 6.82. The fourth-order valence-electron chi connectivity index (χ4n) is 4.73. The second-order valence-electron chi connectivity index (χ2n) is 10.5. The molecule has 0 saturated carbocycles. The van der Waals surface area contributed by atoms with E-state index < -0.39 is 11.9 Å². The van der Waals surface area contributed by atoms with Gasteiger partial charge in [-0.25, -0.2) is 9.59 Å². The average molecular weight is 791 g/mol. The van der Waals surface area contributed by atoms with Gasteiger partial charge in [0.05, 0.1) is 46.6 Å². The predicted molar refractivity (Wildman–Crippen MR) is 213 cm³/mol. The molecule has 4 aromatic rings. The minimum absolute atomic E-state index is 0.0968. The monoisotopic (exact) mass is 788 g/mol. The van der Waals surface area contributed by atoms with E-state index in [1.165, 1.54) is 5.56 Å². The van der Waals surface area contributed by atoms with Gasteiger partial charge in [-0.3, -0.25) is 10.4 Å². The maximum atomic E-state index is 12.5. The van der Waals surface area contributed by atoms with Crippen LogP contribution in [0.5, 0.6) is 0 Å². The lowest BCUT2D eigenvalue weighted by atomic mass is 9.88. The summed E-state index contributed by atoms with van der Waals surface area (Å²) in [5, 5.41) is 11.6. The molecule has 4 aromatic carbocycles. The van der Waals surface area contributed by atoms with Crippen LogP contribution in [-0.4, -0.2) is 42.1 Å². The predicted octanol–water partition coefficient (Wildman–Crippen LogP) is 11.1. The van der Waals surface area contributed by atoms with Gasteiger partial charge < -0.3 is 9.47 Å². The quantitative estimate of drug-likeness (QED) is 0.103. The first kappa shape index (κ1) is 41.4. The number of hydrazone groups is 2. The molecule has 2 atom stereocenters. The van der Waals surface area contributed by atoms with Gasteiger partial charge in [-0.1, -0.05) is 131 Å². The maximum Gasteiger partial charge on any atom is 0.370 e. The van der Waals surface area contributed by atoms with Gasteiger partial charge in [0.25, 0.3) is 0 Å². The summed E-state index contributed by atoms with van der Waals surface area (Å²) in [7, 11) is 0. The number of carbonyl (C=O) groups is 2. The third-order valence-electron chi connectivity index (χ3n) is 6.99. The zero-order valence-electron chi connectivity index (χ0n) is 28.3. The molecule has 0 spiro atoms. The first-order valence-corrected chi connectivity index (χ1v) is 17.7. The molecule has 51 heavy (non-hydrogen) atoms. The van der Waals surface area contributed by atoms with Crippen LogP contribution in [0.15, 0.2) is 113 Å². The molecule has 0 unspecified atom stereocenters. The molecule has 0 bridgehead atoms. The minimum Gasteiger partial charge on any atom is -0.461 e. The lowest BCUT2D eigenvalue weighted by Crippen LogP contribution is -2.31. The fraction of sp³-hybridized carbons (Fsp3) is 0.211. The summed E-state index contributed by atoms with van der Waals surface area (Å²) >= 11 is 29.5. The Morgan fingerprint density at radius 3 is 2.00 bits per heavy atom. The van der Waals surface area contributed by atoms with Gasteiger partial charge in [-0.2, -0.15) is 10.2 Å². The summed E-state index contributed by atoms with van der Waals surface area (Å²) in [4.78, 5) is 23.6. The van der Waals surface area contributed by atoms with Crippen molar-refractivity contribution in [2.45, 2.75) is 39.7 Å². The molecular weight excluding hydrogens is 754 g/mol. The van der Waals surface area contributed by atoms with Crippen molar-refractivity contribution in [3.63, 3.8) is 0 Å². The van der Waals surface area contributed by atoms with Gasteiger partial charge >= 0.3 is 11.9 Å². The van der Waals surface area contributed by atoms with Crippen molar-refractivity contribution in [1.82, 2.24) is 0 Å². The lowest BCUT2D eigenvalue weighted by molar-refractivity contribution is -0.135. The molecule has 1 aliphatic heterocycles. The summed E-state index contributed by atoms with van der Waals surface area (Å²) < 4.78 is 9.85. The van der Waals surface area contributed by atoms with Crippen LogP contribution in [0.4, 0.5) is 11.4 Å². The largest absolute Gasteiger partial charge is 0.461 e. The summed E-state index contributed by atoms with van der Waals surface area (Å²) in [6.45, 7) is 8.01. The summed E-state index contributed by atoms with van der Waals surface area (Å²) in [6.07, 6.45) is 4.12. The smallest absolute Gasteiger partial charge is 0.370 e. The summed E-state index contributed by atoms with van der Waals surface area (Å²) in [6, 6.07) is 30.0. The van der Waals surface area contributed by atoms with E-state index >= 15 is 0 Å². The minimum atomic E-state index is -0.702. The number of ether oxygens (including phenoxy) is 2. The first-order valence-electron chi connectivity index (χ1n) is 15.8. The van der Waals surface area contributed by atoms with E-state index in [4.69, 9.17) is 62.7 Å². The molecule has 1 heterocycles. The number of benzene rings is 4. The van der Waals surface area contributed by atoms with Gasteiger partial charge in [0, 0.05) is 10.0 Å². The number of halogens is 5. The van der Waals surface area contributed by atoms with Crippen molar-refractivity contribution in [3.05, 3.63) is 134 Å². The topological polar surface area (TPSA) is 92.6 Å². The van der Waals surface area contributed by atoms with Crippen LogP contribution in [0, 0.1) is 0 Å². The van der Waals surface area contributed by atoms with Crippen LogP contribution < -0.4 is 10.4 Å².